The second-order valence-electron chi connectivity index (χ2n) is 20.0. The molecule has 0 bridgehead atoms. The molecule has 75 heavy (non-hydrogen) atoms. The Morgan fingerprint density at radius 2 is 0.493 bits per heavy atom. The number of benzene rings is 11. The van der Waals surface area contributed by atoms with Gasteiger partial charge in [-0.05, 0) is 178 Å². The lowest BCUT2D eigenvalue weighted by Gasteiger charge is -2.36. The van der Waals surface area contributed by atoms with E-state index in [0.717, 1.165) is 51.1 Å². The highest BCUT2D eigenvalue weighted by Gasteiger charge is 2.44. The Hall–Kier alpha value is -9.18. The van der Waals surface area contributed by atoms with Gasteiger partial charge in [-0.25, -0.2) is 0 Å². The molecule has 0 saturated heterocycles. The maximum atomic E-state index is 2.52. The lowest BCUT2D eigenvalue weighted by Crippen LogP contribution is -2.28. The number of hydrogen-bond acceptors (Lipinski definition) is 3. The van der Waals surface area contributed by atoms with Crippen LogP contribution in [0.3, 0.4) is 0 Å². The average molecular weight is 964 g/mol. The van der Waals surface area contributed by atoms with Gasteiger partial charge in [-0.15, -0.1) is 0 Å². The Morgan fingerprint density at radius 1 is 0.213 bits per heavy atom. The maximum Gasteiger partial charge on any atom is 0.0465 e. The van der Waals surface area contributed by atoms with E-state index in [1.165, 1.54) is 87.9 Å². The molecule has 0 atom stereocenters. The molecule has 0 radical (unpaired) electrons. The summed E-state index contributed by atoms with van der Waals surface area (Å²) in [6.45, 7) is 0. The van der Waals surface area contributed by atoms with Gasteiger partial charge in [0.05, 0.1) is 0 Å². The first-order chi connectivity index (χ1) is 37.2. The summed E-state index contributed by atoms with van der Waals surface area (Å²) in [5.74, 6) is 0. The highest BCUT2D eigenvalue weighted by molar-refractivity contribution is 5.88. The standard InChI is InChI=1S/C72H57N3/c1-6-18-53(19-7-1)55-28-36-61(37-29-55)74(66-46-44-65(45-47-66)73(59-22-10-3-11-23-59)60-24-12-4-13-25-60)62-38-32-57(33-39-62)58-34-42-64(43-35-58)75(63-40-30-56(31-41-63)54-20-8-2-9-21-54)67-48-49-69-68-26-14-15-27-70(68)72(71(69)52-67)50-16-5-17-51-72/h1-4,6-15,18-49,52H,5,16-17,50-51H2. The summed E-state index contributed by atoms with van der Waals surface area (Å²) in [7, 11) is 0. The minimum Gasteiger partial charge on any atom is -0.311 e. The van der Waals surface area contributed by atoms with E-state index >= 15 is 0 Å². The predicted molar refractivity (Wildman–Crippen MR) is 316 cm³/mol. The fraction of sp³-hybridized carbons (Fsp3) is 0.0833. The highest BCUT2D eigenvalue weighted by atomic mass is 15.2. The molecule has 0 unspecified atom stereocenters. The third-order valence-electron chi connectivity index (χ3n) is 15.7. The van der Waals surface area contributed by atoms with Crippen molar-refractivity contribution in [3.05, 3.63) is 296 Å². The molecule has 0 amide bonds. The zero-order chi connectivity index (χ0) is 50.0. The minimum atomic E-state index is 0.0651. The van der Waals surface area contributed by atoms with Crippen LogP contribution < -0.4 is 14.7 Å². The second kappa shape index (κ2) is 20.0. The lowest BCUT2D eigenvalue weighted by atomic mass is 9.68. The molecule has 1 saturated carbocycles. The minimum absolute atomic E-state index is 0.0651. The van der Waals surface area contributed by atoms with Crippen molar-refractivity contribution in [3.8, 4) is 44.5 Å². The Bertz CT molecular complexity index is 3640. The van der Waals surface area contributed by atoms with Gasteiger partial charge < -0.3 is 14.7 Å². The van der Waals surface area contributed by atoms with Crippen molar-refractivity contribution in [1.29, 1.82) is 0 Å². The fourth-order valence-electron chi connectivity index (χ4n) is 12.0. The lowest BCUT2D eigenvalue weighted by molar-refractivity contribution is 0.353. The summed E-state index contributed by atoms with van der Waals surface area (Å²) in [4.78, 5) is 7.11. The van der Waals surface area contributed by atoms with Gasteiger partial charge in [-0.3, -0.25) is 0 Å². The Kier molecular flexibility index (Phi) is 12.2. The molecule has 0 aliphatic heterocycles. The number of nitrogens with zero attached hydrogens (tertiary/aromatic N) is 3. The largest absolute Gasteiger partial charge is 0.311 e. The molecule has 360 valence electrons. The second-order valence-corrected chi connectivity index (χ2v) is 20.0. The van der Waals surface area contributed by atoms with Crippen LogP contribution in [-0.4, -0.2) is 0 Å². The highest BCUT2D eigenvalue weighted by Crippen LogP contribution is 2.57. The van der Waals surface area contributed by atoms with Gasteiger partial charge >= 0.3 is 0 Å². The first-order valence-electron chi connectivity index (χ1n) is 26.5. The van der Waals surface area contributed by atoms with Gasteiger partial charge in [-0.1, -0.05) is 195 Å². The van der Waals surface area contributed by atoms with Crippen LogP contribution in [-0.2, 0) is 5.41 Å². The molecule has 0 N–H and O–H groups in total. The first-order valence-corrected chi connectivity index (χ1v) is 26.5. The van der Waals surface area contributed by atoms with Crippen LogP contribution in [0.1, 0.15) is 43.2 Å². The molecule has 1 fully saturated rings. The molecule has 11 aromatic carbocycles. The zero-order valence-electron chi connectivity index (χ0n) is 42.0. The first kappa shape index (κ1) is 45.7. The van der Waals surface area contributed by atoms with Gasteiger partial charge in [0.15, 0.2) is 0 Å². The van der Waals surface area contributed by atoms with Crippen molar-refractivity contribution in [2.24, 2.45) is 0 Å². The molecule has 2 aliphatic carbocycles. The number of rotatable bonds is 12. The van der Waals surface area contributed by atoms with Crippen LogP contribution >= 0.6 is 0 Å². The van der Waals surface area contributed by atoms with Crippen LogP contribution in [0.5, 0.6) is 0 Å². The summed E-state index contributed by atoms with van der Waals surface area (Å²) < 4.78 is 0. The van der Waals surface area contributed by atoms with Crippen LogP contribution in [0.25, 0.3) is 44.5 Å². The quantitative estimate of drug-likeness (QED) is 0.121. The molecule has 1 spiro atoms. The van der Waals surface area contributed by atoms with Gasteiger partial charge in [0.2, 0.25) is 0 Å². The van der Waals surface area contributed by atoms with Crippen molar-refractivity contribution < 1.29 is 0 Å². The topological polar surface area (TPSA) is 9.72 Å². The Balaban J connectivity index is 0.845. The van der Waals surface area contributed by atoms with E-state index < -0.39 is 0 Å². The van der Waals surface area contributed by atoms with E-state index in [1.54, 1.807) is 0 Å². The molecular weight excluding hydrogens is 907 g/mol. The normalized spacial score (nSPS) is 13.2. The molecule has 3 heteroatoms. The third-order valence-corrected chi connectivity index (χ3v) is 15.7. The molecule has 0 heterocycles. The van der Waals surface area contributed by atoms with Crippen LogP contribution in [0, 0.1) is 0 Å². The number of hydrogen-bond donors (Lipinski definition) is 0. The summed E-state index contributed by atoms with van der Waals surface area (Å²) in [6.07, 6.45) is 6.24. The van der Waals surface area contributed by atoms with Crippen LogP contribution in [0.4, 0.5) is 51.2 Å². The van der Waals surface area contributed by atoms with E-state index in [9.17, 15) is 0 Å². The number of fused-ring (bicyclic) bond motifs is 5. The summed E-state index contributed by atoms with van der Waals surface area (Å²) in [5, 5.41) is 0. The van der Waals surface area contributed by atoms with Gasteiger partial charge in [0.1, 0.15) is 0 Å². The van der Waals surface area contributed by atoms with Crippen molar-refractivity contribution in [2.45, 2.75) is 37.5 Å². The summed E-state index contributed by atoms with van der Waals surface area (Å²) in [5.41, 5.74) is 23.0. The van der Waals surface area contributed by atoms with E-state index in [0.29, 0.717) is 0 Å². The van der Waals surface area contributed by atoms with E-state index in [4.69, 9.17) is 0 Å². The predicted octanol–water partition coefficient (Wildman–Crippen LogP) is 20.3. The van der Waals surface area contributed by atoms with Gasteiger partial charge in [0, 0.05) is 56.6 Å². The maximum absolute atomic E-state index is 2.52. The van der Waals surface area contributed by atoms with E-state index in [1.807, 2.05) is 0 Å². The molecule has 0 aromatic heterocycles. The monoisotopic (exact) mass is 963 g/mol. The molecule has 2 aliphatic rings. The smallest absolute Gasteiger partial charge is 0.0465 e. The van der Waals surface area contributed by atoms with Crippen molar-refractivity contribution in [2.75, 3.05) is 14.7 Å². The SMILES string of the molecule is c1ccc(-c2ccc(N(c3ccc(-c4ccc(N(c5ccc(-c6ccccc6)cc5)c5ccc6c(c5)C5(CCCCC5)c5ccccc5-6)cc4)cc3)c3ccc(N(c4ccccc4)c4ccccc4)cc3)cc2)cc1. The third kappa shape index (κ3) is 8.77. The fourth-order valence-corrected chi connectivity index (χ4v) is 12.0. The Morgan fingerprint density at radius 3 is 0.893 bits per heavy atom. The molecular formula is C72H57N3. The van der Waals surface area contributed by atoms with Gasteiger partial charge in [-0.2, -0.15) is 0 Å². The number of anilines is 9. The van der Waals surface area contributed by atoms with Crippen molar-refractivity contribution in [3.63, 3.8) is 0 Å². The Labute approximate surface area is 441 Å². The van der Waals surface area contributed by atoms with Crippen molar-refractivity contribution >= 4 is 51.2 Å². The van der Waals surface area contributed by atoms with Crippen LogP contribution in [0.2, 0.25) is 0 Å². The zero-order valence-corrected chi connectivity index (χ0v) is 42.0. The molecule has 11 aromatic rings. The van der Waals surface area contributed by atoms with Crippen molar-refractivity contribution in [1.82, 2.24) is 0 Å². The van der Waals surface area contributed by atoms with E-state index in [2.05, 4.69) is 300 Å². The molecule has 3 nitrogen and oxygen atoms in total. The average Bonchev–Trinajstić information content (AvgIpc) is 3.83. The van der Waals surface area contributed by atoms with Crippen LogP contribution in [0.15, 0.2) is 285 Å². The summed E-state index contributed by atoms with van der Waals surface area (Å²) >= 11 is 0. The van der Waals surface area contributed by atoms with E-state index in [-0.39, 0.29) is 5.41 Å². The summed E-state index contributed by atoms with van der Waals surface area (Å²) in [6, 6.07) is 104. The number of para-hydroxylation sites is 2. The van der Waals surface area contributed by atoms with Gasteiger partial charge in [0.25, 0.3) is 0 Å². The molecule has 13 rings (SSSR count).